The van der Waals surface area contributed by atoms with Crippen molar-refractivity contribution in [1.29, 1.82) is 0 Å². The number of aromatic nitrogens is 1. The molecule has 0 spiro atoms. The van der Waals surface area contributed by atoms with Crippen molar-refractivity contribution in [3.63, 3.8) is 0 Å². The van der Waals surface area contributed by atoms with Crippen LogP contribution in [-0.2, 0) is 16.0 Å². The molecule has 6 heteroatoms. The zero-order valence-electron chi connectivity index (χ0n) is 14.7. The van der Waals surface area contributed by atoms with E-state index in [0.717, 1.165) is 18.5 Å². The highest BCUT2D eigenvalue weighted by atomic mass is 16.6. The molecule has 1 aromatic rings. The summed E-state index contributed by atoms with van der Waals surface area (Å²) in [5.41, 5.74) is 0.437. The highest BCUT2D eigenvalue weighted by Gasteiger charge is 2.30. The molecule has 0 radical (unpaired) electrons. The molecule has 2 heterocycles. The van der Waals surface area contributed by atoms with Crippen molar-refractivity contribution in [2.24, 2.45) is 5.92 Å². The number of rotatable bonds is 4. The molecular weight excluding hydrogens is 306 g/mol. The SMILES string of the molecule is CC(C)(C)OC(=O)N1CCCC(C(=O)NCCc2ccccn2)C1. The molecule has 2 rings (SSSR count). The molecule has 6 nitrogen and oxygen atoms in total. The number of nitrogens with zero attached hydrogens (tertiary/aromatic N) is 2. The summed E-state index contributed by atoms with van der Waals surface area (Å²) < 4.78 is 5.39. The highest BCUT2D eigenvalue weighted by Crippen LogP contribution is 2.19. The summed E-state index contributed by atoms with van der Waals surface area (Å²) in [6.07, 6.45) is 3.73. The molecule has 2 amide bonds. The third-order valence-electron chi connectivity index (χ3n) is 3.85. The summed E-state index contributed by atoms with van der Waals surface area (Å²) in [4.78, 5) is 30.3. The number of likely N-dealkylation sites (tertiary alicyclic amines) is 1. The second-order valence-electron chi connectivity index (χ2n) is 7.13. The smallest absolute Gasteiger partial charge is 0.410 e. The van der Waals surface area contributed by atoms with E-state index in [1.807, 2.05) is 39.0 Å². The number of hydrogen-bond acceptors (Lipinski definition) is 4. The summed E-state index contributed by atoms with van der Waals surface area (Å²) >= 11 is 0. The standard InChI is InChI=1S/C18H27N3O3/c1-18(2,3)24-17(23)21-12-6-7-14(13-21)16(22)20-11-9-15-8-4-5-10-19-15/h4-5,8,10,14H,6-7,9,11-13H2,1-3H3,(H,20,22). The molecule has 1 N–H and O–H groups in total. The van der Waals surface area contributed by atoms with Crippen LogP contribution in [0.25, 0.3) is 0 Å². The van der Waals surface area contributed by atoms with Crippen LogP contribution in [-0.4, -0.2) is 47.1 Å². The van der Waals surface area contributed by atoms with E-state index in [0.29, 0.717) is 26.1 Å². The predicted octanol–water partition coefficient (Wildman–Crippen LogP) is 2.39. The van der Waals surface area contributed by atoms with Gasteiger partial charge in [0, 0.05) is 37.9 Å². The number of pyridine rings is 1. The fraction of sp³-hybridized carbons (Fsp3) is 0.611. The van der Waals surface area contributed by atoms with Crippen molar-refractivity contribution in [2.75, 3.05) is 19.6 Å². The largest absolute Gasteiger partial charge is 0.444 e. The van der Waals surface area contributed by atoms with Crippen molar-refractivity contribution in [3.05, 3.63) is 30.1 Å². The zero-order chi connectivity index (χ0) is 17.6. The van der Waals surface area contributed by atoms with Crippen molar-refractivity contribution in [3.8, 4) is 0 Å². The molecule has 24 heavy (non-hydrogen) atoms. The first-order valence-corrected chi connectivity index (χ1v) is 8.51. The minimum Gasteiger partial charge on any atom is -0.444 e. The van der Waals surface area contributed by atoms with E-state index in [2.05, 4.69) is 10.3 Å². The van der Waals surface area contributed by atoms with E-state index in [1.165, 1.54) is 0 Å². The Morgan fingerprint density at radius 1 is 1.38 bits per heavy atom. The summed E-state index contributed by atoms with van der Waals surface area (Å²) in [7, 11) is 0. The van der Waals surface area contributed by atoms with Crippen LogP contribution in [0.15, 0.2) is 24.4 Å². The van der Waals surface area contributed by atoms with Gasteiger partial charge in [0.05, 0.1) is 5.92 Å². The highest BCUT2D eigenvalue weighted by molar-refractivity contribution is 5.80. The molecule has 1 unspecified atom stereocenters. The Hall–Kier alpha value is -2.11. The van der Waals surface area contributed by atoms with Crippen LogP contribution in [0.2, 0.25) is 0 Å². The number of carbonyl (C=O) groups is 2. The second-order valence-corrected chi connectivity index (χ2v) is 7.13. The van der Waals surface area contributed by atoms with Crippen LogP contribution >= 0.6 is 0 Å². The van der Waals surface area contributed by atoms with Gasteiger partial charge in [-0.3, -0.25) is 9.78 Å². The lowest BCUT2D eigenvalue weighted by Gasteiger charge is -2.33. The number of hydrogen-bond donors (Lipinski definition) is 1. The number of nitrogens with one attached hydrogen (secondary N) is 1. The Bertz CT molecular complexity index is 554. The Kier molecular flexibility index (Phi) is 6.17. The Balaban J connectivity index is 1.78. The van der Waals surface area contributed by atoms with E-state index >= 15 is 0 Å². The van der Waals surface area contributed by atoms with Gasteiger partial charge in [-0.25, -0.2) is 4.79 Å². The molecule has 1 aromatic heterocycles. The zero-order valence-corrected chi connectivity index (χ0v) is 14.7. The Morgan fingerprint density at radius 3 is 2.83 bits per heavy atom. The number of amides is 2. The lowest BCUT2D eigenvalue weighted by molar-refractivity contribution is -0.126. The quantitative estimate of drug-likeness (QED) is 0.918. The monoisotopic (exact) mass is 333 g/mol. The topological polar surface area (TPSA) is 71.5 Å². The molecule has 1 fully saturated rings. The van der Waals surface area contributed by atoms with Crippen molar-refractivity contribution in [1.82, 2.24) is 15.2 Å². The molecule has 1 saturated heterocycles. The van der Waals surface area contributed by atoms with Crippen molar-refractivity contribution < 1.29 is 14.3 Å². The third-order valence-corrected chi connectivity index (χ3v) is 3.85. The van der Waals surface area contributed by atoms with Gasteiger partial charge in [-0.2, -0.15) is 0 Å². The third kappa shape index (κ3) is 5.83. The minimum atomic E-state index is -0.519. The van der Waals surface area contributed by atoms with Crippen molar-refractivity contribution >= 4 is 12.0 Å². The first-order chi connectivity index (χ1) is 11.3. The van der Waals surface area contributed by atoms with Gasteiger partial charge in [-0.1, -0.05) is 6.07 Å². The molecule has 0 bridgehead atoms. The molecule has 0 aliphatic carbocycles. The number of piperidine rings is 1. The second kappa shape index (κ2) is 8.13. The minimum absolute atomic E-state index is 0.000750. The molecule has 1 aliphatic rings. The first-order valence-electron chi connectivity index (χ1n) is 8.51. The first kappa shape index (κ1) is 18.2. The van der Waals surface area contributed by atoms with E-state index in [-0.39, 0.29) is 17.9 Å². The average molecular weight is 333 g/mol. The van der Waals surface area contributed by atoms with Gasteiger partial charge < -0.3 is 15.0 Å². The van der Waals surface area contributed by atoms with Gasteiger partial charge in [0.15, 0.2) is 0 Å². The Morgan fingerprint density at radius 2 is 2.17 bits per heavy atom. The molecule has 1 atom stereocenters. The van der Waals surface area contributed by atoms with Crippen LogP contribution in [0, 0.1) is 5.92 Å². The van der Waals surface area contributed by atoms with Crippen LogP contribution in [0.1, 0.15) is 39.3 Å². The maximum absolute atomic E-state index is 12.3. The van der Waals surface area contributed by atoms with E-state index in [9.17, 15) is 9.59 Å². The maximum Gasteiger partial charge on any atom is 0.410 e. The Labute approximate surface area is 143 Å². The lowest BCUT2D eigenvalue weighted by Crippen LogP contribution is -2.47. The van der Waals surface area contributed by atoms with Gasteiger partial charge in [-0.15, -0.1) is 0 Å². The van der Waals surface area contributed by atoms with Crippen molar-refractivity contribution in [2.45, 2.75) is 45.6 Å². The van der Waals surface area contributed by atoms with Crippen LogP contribution in [0.3, 0.4) is 0 Å². The van der Waals surface area contributed by atoms with Gasteiger partial charge in [0.25, 0.3) is 0 Å². The fourth-order valence-electron chi connectivity index (χ4n) is 2.69. The van der Waals surface area contributed by atoms with Gasteiger partial charge >= 0.3 is 6.09 Å². The van der Waals surface area contributed by atoms with E-state index in [4.69, 9.17) is 4.74 Å². The van der Waals surface area contributed by atoms with Gasteiger partial charge in [-0.05, 0) is 45.7 Å². The number of ether oxygens (including phenoxy) is 1. The van der Waals surface area contributed by atoms with E-state index in [1.54, 1.807) is 11.1 Å². The molecule has 0 aromatic carbocycles. The molecule has 1 aliphatic heterocycles. The molecule has 0 saturated carbocycles. The summed E-state index contributed by atoms with van der Waals surface area (Å²) in [5.74, 6) is -0.172. The maximum atomic E-state index is 12.3. The van der Waals surface area contributed by atoms with E-state index < -0.39 is 5.60 Å². The summed E-state index contributed by atoms with van der Waals surface area (Å²) in [5, 5.41) is 2.95. The van der Waals surface area contributed by atoms with Gasteiger partial charge in [0.2, 0.25) is 5.91 Å². The normalized spacial score (nSPS) is 18.1. The van der Waals surface area contributed by atoms with Gasteiger partial charge in [0.1, 0.15) is 5.60 Å². The molecule has 132 valence electrons. The fourth-order valence-corrected chi connectivity index (χ4v) is 2.69. The van der Waals surface area contributed by atoms with Crippen LogP contribution in [0.4, 0.5) is 4.79 Å². The summed E-state index contributed by atoms with van der Waals surface area (Å²) in [6.45, 7) is 7.15. The number of carbonyl (C=O) groups excluding carboxylic acids is 2. The molecular formula is C18H27N3O3. The lowest BCUT2D eigenvalue weighted by atomic mass is 9.97. The summed E-state index contributed by atoms with van der Waals surface area (Å²) in [6, 6.07) is 5.75. The van der Waals surface area contributed by atoms with Crippen LogP contribution in [0.5, 0.6) is 0 Å². The van der Waals surface area contributed by atoms with Crippen LogP contribution < -0.4 is 5.32 Å². The average Bonchev–Trinajstić information content (AvgIpc) is 2.54. The predicted molar refractivity (Wildman–Crippen MR) is 91.5 cm³/mol.